The van der Waals surface area contributed by atoms with Crippen molar-refractivity contribution >= 4 is 0 Å². The highest BCUT2D eigenvalue weighted by atomic mass is 16.5. The number of hydrogen-bond donors (Lipinski definition) is 1. The zero-order valence-corrected chi connectivity index (χ0v) is 9.30. The third-order valence-electron chi connectivity index (χ3n) is 2.78. The molecule has 1 fully saturated rings. The smallest absolute Gasteiger partial charge is 0.0495 e. The molecule has 0 aromatic carbocycles. The van der Waals surface area contributed by atoms with E-state index in [0.29, 0.717) is 6.04 Å². The molecule has 2 nitrogen and oxygen atoms in total. The SMILES string of the molecule is C=CCC(CC1CCOC1)NCCC. The van der Waals surface area contributed by atoms with Gasteiger partial charge in [-0.25, -0.2) is 0 Å². The van der Waals surface area contributed by atoms with E-state index in [1.807, 2.05) is 6.08 Å². The van der Waals surface area contributed by atoms with Crippen molar-refractivity contribution in [1.82, 2.24) is 5.32 Å². The first kappa shape index (κ1) is 11.7. The summed E-state index contributed by atoms with van der Waals surface area (Å²) >= 11 is 0. The van der Waals surface area contributed by atoms with E-state index in [2.05, 4.69) is 18.8 Å². The van der Waals surface area contributed by atoms with Gasteiger partial charge in [-0.1, -0.05) is 13.0 Å². The van der Waals surface area contributed by atoms with E-state index in [1.165, 1.54) is 19.3 Å². The van der Waals surface area contributed by atoms with Gasteiger partial charge in [0.25, 0.3) is 0 Å². The normalized spacial score (nSPS) is 23.6. The van der Waals surface area contributed by atoms with Gasteiger partial charge < -0.3 is 10.1 Å². The molecule has 1 N–H and O–H groups in total. The maximum Gasteiger partial charge on any atom is 0.0495 e. The van der Waals surface area contributed by atoms with Crippen LogP contribution in [0.4, 0.5) is 0 Å². The zero-order valence-electron chi connectivity index (χ0n) is 9.30. The van der Waals surface area contributed by atoms with Crippen molar-refractivity contribution in [2.45, 2.75) is 38.6 Å². The summed E-state index contributed by atoms with van der Waals surface area (Å²) in [6.07, 6.45) is 6.78. The standard InChI is InChI=1S/C12H23NO/c1-3-5-12(13-7-4-2)9-11-6-8-14-10-11/h3,11-13H,1,4-10H2,2H3. The predicted octanol–water partition coefficient (Wildman–Crippen LogP) is 2.36. The summed E-state index contributed by atoms with van der Waals surface area (Å²) in [6, 6.07) is 0.610. The van der Waals surface area contributed by atoms with Gasteiger partial charge in [-0.05, 0) is 38.1 Å². The Labute approximate surface area is 87.7 Å². The molecule has 0 radical (unpaired) electrons. The van der Waals surface area contributed by atoms with E-state index in [0.717, 1.165) is 32.1 Å². The predicted molar refractivity (Wildman–Crippen MR) is 60.4 cm³/mol. The Bertz CT molecular complexity index is 152. The van der Waals surface area contributed by atoms with Crippen LogP contribution in [0.1, 0.15) is 32.6 Å². The Morgan fingerprint density at radius 2 is 2.50 bits per heavy atom. The Balaban J connectivity index is 2.21. The van der Waals surface area contributed by atoms with Crippen LogP contribution in [0.15, 0.2) is 12.7 Å². The van der Waals surface area contributed by atoms with Gasteiger partial charge >= 0.3 is 0 Å². The molecule has 0 aromatic rings. The molecule has 0 aromatic heterocycles. The topological polar surface area (TPSA) is 21.3 Å². The van der Waals surface area contributed by atoms with Gasteiger partial charge in [-0.2, -0.15) is 0 Å². The molecule has 2 atom stereocenters. The van der Waals surface area contributed by atoms with E-state index < -0.39 is 0 Å². The van der Waals surface area contributed by atoms with Crippen LogP contribution in [0.2, 0.25) is 0 Å². The Morgan fingerprint density at radius 1 is 1.64 bits per heavy atom. The molecular weight excluding hydrogens is 174 g/mol. The Hall–Kier alpha value is -0.340. The van der Waals surface area contributed by atoms with Crippen LogP contribution in [0.5, 0.6) is 0 Å². The molecule has 1 aliphatic rings. The third kappa shape index (κ3) is 4.25. The average Bonchev–Trinajstić information content (AvgIpc) is 2.67. The molecule has 0 bridgehead atoms. The fourth-order valence-electron chi connectivity index (χ4n) is 1.98. The maximum absolute atomic E-state index is 5.39. The lowest BCUT2D eigenvalue weighted by Crippen LogP contribution is -2.31. The van der Waals surface area contributed by atoms with E-state index in [9.17, 15) is 0 Å². The first-order chi connectivity index (χ1) is 6.86. The van der Waals surface area contributed by atoms with Crippen LogP contribution in [0, 0.1) is 5.92 Å². The fraction of sp³-hybridized carbons (Fsp3) is 0.833. The van der Waals surface area contributed by atoms with Crippen molar-refractivity contribution in [3.8, 4) is 0 Å². The van der Waals surface area contributed by atoms with Crippen LogP contribution < -0.4 is 5.32 Å². The summed E-state index contributed by atoms with van der Waals surface area (Å²) in [5.74, 6) is 0.768. The molecule has 1 rings (SSSR count). The largest absolute Gasteiger partial charge is 0.381 e. The van der Waals surface area contributed by atoms with Crippen molar-refractivity contribution < 1.29 is 4.74 Å². The zero-order chi connectivity index (χ0) is 10.2. The molecule has 2 heteroatoms. The molecule has 0 saturated carbocycles. The molecule has 0 aliphatic carbocycles. The van der Waals surface area contributed by atoms with Crippen LogP contribution in [0.3, 0.4) is 0 Å². The molecular formula is C12H23NO. The number of hydrogen-bond acceptors (Lipinski definition) is 2. The summed E-state index contributed by atoms with van der Waals surface area (Å²) in [5.41, 5.74) is 0. The molecule has 1 heterocycles. The van der Waals surface area contributed by atoms with Crippen molar-refractivity contribution in [2.75, 3.05) is 19.8 Å². The van der Waals surface area contributed by atoms with Gasteiger partial charge in [0.15, 0.2) is 0 Å². The van der Waals surface area contributed by atoms with Crippen LogP contribution in [-0.2, 0) is 4.74 Å². The van der Waals surface area contributed by atoms with Crippen molar-refractivity contribution in [3.63, 3.8) is 0 Å². The second kappa shape index (κ2) is 7.02. The minimum atomic E-state index is 0.610. The van der Waals surface area contributed by atoms with Gasteiger partial charge in [-0.3, -0.25) is 0 Å². The van der Waals surface area contributed by atoms with Gasteiger partial charge in [-0.15, -0.1) is 6.58 Å². The summed E-state index contributed by atoms with van der Waals surface area (Å²) < 4.78 is 5.39. The minimum absolute atomic E-state index is 0.610. The highest BCUT2D eigenvalue weighted by Crippen LogP contribution is 2.19. The lowest BCUT2D eigenvalue weighted by atomic mass is 9.97. The van der Waals surface area contributed by atoms with Gasteiger partial charge in [0, 0.05) is 19.3 Å². The van der Waals surface area contributed by atoms with E-state index in [1.54, 1.807) is 0 Å². The van der Waals surface area contributed by atoms with E-state index in [4.69, 9.17) is 4.74 Å². The van der Waals surface area contributed by atoms with Gasteiger partial charge in [0.1, 0.15) is 0 Å². The average molecular weight is 197 g/mol. The monoisotopic (exact) mass is 197 g/mol. The summed E-state index contributed by atoms with van der Waals surface area (Å²) in [6.45, 7) is 9.05. The molecule has 2 unspecified atom stereocenters. The molecule has 1 aliphatic heterocycles. The van der Waals surface area contributed by atoms with Crippen molar-refractivity contribution in [2.24, 2.45) is 5.92 Å². The lowest BCUT2D eigenvalue weighted by Gasteiger charge is -2.19. The lowest BCUT2D eigenvalue weighted by molar-refractivity contribution is 0.181. The highest BCUT2D eigenvalue weighted by Gasteiger charge is 2.19. The van der Waals surface area contributed by atoms with Gasteiger partial charge in [0.2, 0.25) is 0 Å². The minimum Gasteiger partial charge on any atom is -0.381 e. The maximum atomic E-state index is 5.39. The van der Waals surface area contributed by atoms with Crippen LogP contribution >= 0.6 is 0 Å². The van der Waals surface area contributed by atoms with Crippen LogP contribution in [0.25, 0.3) is 0 Å². The highest BCUT2D eigenvalue weighted by molar-refractivity contribution is 4.81. The summed E-state index contributed by atoms with van der Waals surface area (Å²) in [7, 11) is 0. The molecule has 0 amide bonds. The quantitative estimate of drug-likeness (QED) is 0.633. The van der Waals surface area contributed by atoms with Crippen molar-refractivity contribution in [1.29, 1.82) is 0 Å². The molecule has 82 valence electrons. The number of rotatable bonds is 7. The molecule has 1 saturated heterocycles. The number of nitrogens with one attached hydrogen (secondary N) is 1. The summed E-state index contributed by atoms with van der Waals surface area (Å²) in [5, 5.41) is 3.57. The molecule has 14 heavy (non-hydrogen) atoms. The first-order valence-electron chi connectivity index (χ1n) is 5.78. The van der Waals surface area contributed by atoms with E-state index in [-0.39, 0.29) is 0 Å². The number of ether oxygens (including phenoxy) is 1. The Morgan fingerprint density at radius 3 is 3.07 bits per heavy atom. The van der Waals surface area contributed by atoms with Crippen LogP contribution in [-0.4, -0.2) is 25.8 Å². The second-order valence-electron chi connectivity index (χ2n) is 4.14. The Kier molecular flexibility index (Phi) is 5.88. The van der Waals surface area contributed by atoms with Crippen molar-refractivity contribution in [3.05, 3.63) is 12.7 Å². The fourth-order valence-corrected chi connectivity index (χ4v) is 1.98. The first-order valence-corrected chi connectivity index (χ1v) is 5.78. The third-order valence-corrected chi connectivity index (χ3v) is 2.78. The van der Waals surface area contributed by atoms with Gasteiger partial charge in [0.05, 0.1) is 0 Å². The summed E-state index contributed by atoms with van der Waals surface area (Å²) in [4.78, 5) is 0. The second-order valence-corrected chi connectivity index (χ2v) is 4.14. The molecule has 0 spiro atoms. The van der Waals surface area contributed by atoms with E-state index >= 15 is 0 Å².